The Morgan fingerprint density at radius 2 is 1.57 bits per heavy atom. The summed E-state index contributed by atoms with van der Waals surface area (Å²) in [5, 5.41) is 0.587. The topological polar surface area (TPSA) is 66.9 Å². The van der Waals surface area contributed by atoms with Crippen LogP contribution in [0.2, 0.25) is 5.02 Å². The second-order valence-electron chi connectivity index (χ2n) is 8.35. The third-order valence-corrected chi connectivity index (χ3v) is 6.05. The molecule has 4 rings (SSSR count). The van der Waals surface area contributed by atoms with Gasteiger partial charge in [-0.15, -0.1) is 0 Å². The molecule has 2 aromatic rings. The van der Waals surface area contributed by atoms with Gasteiger partial charge in [0.15, 0.2) is 0 Å². The molecule has 2 aliphatic heterocycles. The van der Waals surface area contributed by atoms with Crippen molar-refractivity contribution in [2.45, 2.75) is 33.2 Å². The Hall–Kier alpha value is -2.86. The highest BCUT2D eigenvalue weighted by Gasteiger charge is 2.49. The minimum Gasteiger partial charge on any atom is -0.393 e. The average molecular weight is 427 g/mol. The number of amides is 2. The lowest BCUT2D eigenvalue weighted by molar-refractivity contribution is -0.169. The summed E-state index contributed by atoms with van der Waals surface area (Å²) < 4.78 is 4.76. The van der Waals surface area contributed by atoms with Crippen molar-refractivity contribution in [2.24, 2.45) is 5.41 Å². The van der Waals surface area contributed by atoms with E-state index in [0.29, 0.717) is 18.1 Å². The summed E-state index contributed by atoms with van der Waals surface area (Å²) in [4.78, 5) is 40.9. The highest BCUT2D eigenvalue weighted by Crippen LogP contribution is 2.39. The number of anilines is 1. The third kappa shape index (κ3) is 4.05. The van der Waals surface area contributed by atoms with E-state index in [-0.39, 0.29) is 25.4 Å². The van der Waals surface area contributed by atoms with Gasteiger partial charge in [-0.05, 0) is 43.2 Å². The number of cyclic esters (lactones) is 2. The lowest BCUT2D eigenvalue weighted by atomic mass is 9.77. The van der Waals surface area contributed by atoms with Crippen LogP contribution in [0.1, 0.15) is 29.5 Å². The maximum absolute atomic E-state index is 13.4. The molecular weight excluding hydrogens is 404 g/mol. The Morgan fingerprint density at radius 3 is 2.20 bits per heavy atom. The molecular formula is C23H23ClN2O4. The van der Waals surface area contributed by atoms with Gasteiger partial charge < -0.3 is 9.64 Å². The van der Waals surface area contributed by atoms with Gasteiger partial charge in [-0.1, -0.05) is 41.4 Å². The molecule has 7 heteroatoms. The van der Waals surface area contributed by atoms with E-state index in [1.165, 1.54) is 0 Å². The van der Waals surface area contributed by atoms with E-state index >= 15 is 0 Å². The van der Waals surface area contributed by atoms with E-state index in [4.69, 9.17) is 16.3 Å². The predicted octanol–water partition coefficient (Wildman–Crippen LogP) is 4.25. The van der Waals surface area contributed by atoms with Crippen LogP contribution in [0.3, 0.4) is 0 Å². The minimum atomic E-state index is -0.692. The van der Waals surface area contributed by atoms with Crippen molar-refractivity contribution in [3.8, 4) is 0 Å². The number of benzene rings is 2. The molecule has 0 saturated carbocycles. The van der Waals surface area contributed by atoms with Crippen LogP contribution in [0.5, 0.6) is 0 Å². The van der Waals surface area contributed by atoms with Gasteiger partial charge in [0.05, 0.1) is 12.8 Å². The number of esters is 2. The van der Waals surface area contributed by atoms with Crippen LogP contribution in [0.15, 0.2) is 42.5 Å². The number of carbonyl (C=O) groups is 3. The lowest BCUT2D eigenvalue weighted by Gasteiger charge is -2.48. The fourth-order valence-corrected chi connectivity index (χ4v) is 4.52. The Morgan fingerprint density at radius 1 is 0.933 bits per heavy atom. The summed E-state index contributed by atoms with van der Waals surface area (Å²) in [7, 11) is 0. The molecule has 1 spiro atoms. The fourth-order valence-electron chi connectivity index (χ4n) is 4.23. The van der Waals surface area contributed by atoms with Crippen molar-refractivity contribution in [1.29, 1.82) is 0 Å². The molecule has 2 saturated heterocycles. The molecule has 0 unspecified atom stereocenters. The third-order valence-electron chi connectivity index (χ3n) is 5.70. The van der Waals surface area contributed by atoms with Crippen molar-refractivity contribution in [2.75, 3.05) is 18.0 Å². The van der Waals surface area contributed by atoms with Gasteiger partial charge in [-0.2, -0.15) is 0 Å². The Bertz CT molecular complexity index is 1000. The zero-order valence-electron chi connectivity index (χ0n) is 17.0. The quantitative estimate of drug-likeness (QED) is 0.543. The zero-order valence-corrected chi connectivity index (χ0v) is 17.7. The Labute approximate surface area is 180 Å². The Balaban J connectivity index is 1.70. The van der Waals surface area contributed by atoms with Crippen molar-refractivity contribution in [3.63, 3.8) is 0 Å². The van der Waals surface area contributed by atoms with Crippen molar-refractivity contribution >= 4 is 35.3 Å². The molecule has 0 atom stereocenters. The normalized spacial score (nSPS) is 18.7. The number of hydrogen-bond acceptors (Lipinski definition) is 4. The molecule has 2 aliphatic rings. The van der Waals surface area contributed by atoms with Crippen LogP contribution < -0.4 is 4.90 Å². The molecule has 2 amide bonds. The van der Waals surface area contributed by atoms with Crippen LogP contribution in [-0.4, -0.2) is 36.0 Å². The van der Waals surface area contributed by atoms with Crippen LogP contribution in [-0.2, 0) is 20.9 Å². The van der Waals surface area contributed by atoms with Gasteiger partial charge in [0.1, 0.15) is 0 Å². The number of rotatable bonds is 3. The number of hydrogen-bond donors (Lipinski definition) is 0. The Kier molecular flexibility index (Phi) is 5.28. The minimum absolute atomic E-state index is 0.0898. The van der Waals surface area contributed by atoms with E-state index < -0.39 is 17.4 Å². The maximum Gasteiger partial charge on any atom is 0.324 e. The van der Waals surface area contributed by atoms with Gasteiger partial charge in [-0.3, -0.25) is 14.5 Å². The molecule has 2 aromatic carbocycles. The molecule has 156 valence electrons. The van der Waals surface area contributed by atoms with E-state index in [2.05, 4.69) is 0 Å². The van der Waals surface area contributed by atoms with Gasteiger partial charge in [0.25, 0.3) is 0 Å². The summed E-state index contributed by atoms with van der Waals surface area (Å²) in [6.07, 6.45) is 0.180. The molecule has 6 nitrogen and oxygen atoms in total. The number of urea groups is 1. The molecule has 0 N–H and O–H groups in total. The second kappa shape index (κ2) is 7.76. The maximum atomic E-state index is 13.4. The van der Waals surface area contributed by atoms with Crippen LogP contribution >= 0.6 is 11.6 Å². The number of nitrogens with zero attached hydrogens (tertiary/aromatic N) is 2. The smallest absolute Gasteiger partial charge is 0.324 e. The van der Waals surface area contributed by atoms with Gasteiger partial charge >= 0.3 is 18.0 Å². The highest BCUT2D eigenvalue weighted by atomic mass is 35.5. The average Bonchev–Trinajstić information content (AvgIpc) is 2.66. The molecule has 0 bridgehead atoms. The highest BCUT2D eigenvalue weighted by molar-refractivity contribution is 6.31. The van der Waals surface area contributed by atoms with E-state index in [1.54, 1.807) is 9.80 Å². The first-order valence-corrected chi connectivity index (χ1v) is 10.2. The largest absolute Gasteiger partial charge is 0.393 e. The predicted molar refractivity (Wildman–Crippen MR) is 113 cm³/mol. The summed E-state index contributed by atoms with van der Waals surface area (Å²) in [5.41, 5.74) is 2.98. The summed E-state index contributed by atoms with van der Waals surface area (Å²) >= 11 is 6.41. The summed E-state index contributed by atoms with van der Waals surface area (Å²) in [5.74, 6) is -1.09. The van der Waals surface area contributed by atoms with Gasteiger partial charge in [0.2, 0.25) is 0 Å². The number of ether oxygens (including phenoxy) is 1. The zero-order chi connectivity index (χ0) is 21.5. The van der Waals surface area contributed by atoms with E-state index in [9.17, 15) is 14.4 Å². The van der Waals surface area contributed by atoms with Crippen LogP contribution in [0, 0.1) is 19.3 Å². The molecule has 0 aromatic heterocycles. The van der Waals surface area contributed by atoms with Crippen molar-refractivity contribution in [1.82, 2.24) is 4.90 Å². The van der Waals surface area contributed by atoms with Crippen molar-refractivity contribution < 1.29 is 19.1 Å². The summed E-state index contributed by atoms with van der Waals surface area (Å²) in [6.45, 7) is 4.80. The first-order valence-electron chi connectivity index (χ1n) is 9.86. The monoisotopic (exact) mass is 426 g/mol. The fraction of sp³-hybridized carbons (Fsp3) is 0.348. The number of carbonyl (C=O) groups excluding carboxylic acids is 3. The van der Waals surface area contributed by atoms with E-state index in [1.807, 2.05) is 56.3 Å². The number of halogens is 1. The SMILES string of the molecule is Cc1ccc(N2CC3(CC(=O)OC(=O)C3)CN(Cc3ccc(C)cc3Cl)C2=O)cc1. The van der Waals surface area contributed by atoms with Gasteiger partial charge in [0, 0.05) is 35.8 Å². The van der Waals surface area contributed by atoms with Gasteiger partial charge in [-0.25, -0.2) is 4.79 Å². The lowest BCUT2D eigenvalue weighted by Crippen LogP contribution is -2.60. The first-order chi connectivity index (χ1) is 14.2. The molecule has 30 heavy (non-hydrogen) atoms. The first kappa shape index (κ1) is 20.4. The summed E-state index contributed by atoms with van der Waals surface area (Å²) in [6, 6.07) is 13.2. The molecule has 0 radical (unpaired) electrons. The van der Waals surface area contributed by atoms with Crippen LogP contribution in [0.4, 0.5) is 10.5 Å². The van der Waals surface area contributed by atoms with Crippen molar-refractivity contribution in [3.05, 3.63) is 64.2 Å². The number of aryl methyl sites for hydroxylation is 2. The second-order valence-corrected chi connectivity index (χ2v) is 8.76. The molecule has 2 fully saturated rings. The molecule has 0 aliphatic carbocycles. The molecule has 2 heterocycles. The van der Waals surface area contributed by atoms with Crippen LogP contribution in [0.25, 0.3) is 0 Å². The van der Waals surface area contributed by atoms with E-state index in [0.717, 1.165) is 22.4 Å². The standard InChI is InChI=1S/C23H23ClN2O4/c1-15-4-7-18(8-5-15)26-14-23(10-20(27)30-21(28)11-23)13-25(22(26)29)12-17-6-3-16(2)9-19(17)24/h3-9H,10-14H2,1-2H3.